The van der Waals surface area contributed by atoms with Gasteiger partial charge in [-0.25, -0.2) is 8.42 Å². The van der Waals surface area contributed by atoms with Crippen LogP contribution >= 0.6 is 11.3 Å². The topological polar surface area (TPSA) is 102 Å². The molecule has 124 valence electrons. The zero-order chi connectivity index (χ0) is 16.4. The van der Waals surface area contributed by atoms with Crippen molar-refractivity contribution in [1.29, 1.82) is 0 Å². The number of hydrogen-bond acceptors (Lipinski definition) is 7. The summed E-state index contributed by atoms with van der Waals surface area (Å²) in [5.41, 5.74) is 0. The molecular weight excluding hydrogens is 342 g/mol. The van der Waals surface area contributed by atoms with Crippen molar-refractivity contribution in [3.05, 3.63) is 28.2 Å². The van der Waals surface area contributed by atoms with Gasteiger partial charge in [-0.2, -0.15) is 4.31 Å². The molecule has 1 aliphatic heterocycles. The third-order valence-electron chi connectivity index (χ3n) is 3.36. The smallest absolute Gasteiger partial charge is 0.267 e. The van der Waals surface area contributed by atoms with E-state index in [-0.39, 0.29) is 10.7 Å². The predicted molar refractivity (Wildman–Crippen MR) is 83.1 cm³/mol. The molecule has 0 aromatic carbocycles. The number of hydrogen-bond donors (Lipinski definition) is 1. The minimum Gasteiger partial charge on any atom is -0.379 e. The first kappa shape index (κ1) is 16.1. The lowest BCUT2D eigenvalue weighted by molar-refractivity contribution is 0.0730. The quantitative estimate of drug-likeness (QED) is 0.885. The van der Waals surface area contributed by atoms with Gasteiger partial charge in [0, 0.05) is 24.0 Å². The van der Waals surface area contributed by atoms with E-state index in [4.69, 9.17) is 4.74 Å². The lowest BCUT2D eigenvalue weighted by Gasteiger charge is -2.25. The highest BCUT2D eigenvalue weighted by Crippen LogP contribution is 2.29. The summed E-state index contributed by atoms with van der Waals surface area (Å²) in [6.45, 7) is 3.07. The largest absolute Gasteiger partial charge is 0.379 e. The molecule has 0 radical (unpaired) electrons. The molecule has 1 saturated heterocycles. The minimum atomic E-state index is -3.62. The van der Waals surface area contributed by atoms with E-state index in [1.165, 1.54) is 22.7 Å². The van der Waals surface area contributed by atoms with Gasteiger partial charge in [0.05, 0.1) is 23.0 Å². The number of carbonyl (C=O) groups is 1. The zero-order valence-electron chi connectivity index (χ0n) is 12.3. The second-order valence-corrected chi connectivity index (χ2v) is 8.05. The third-order valence-corrected chi connectivity index (χ3v) is 6.57. The highest BCUT2D eigenvalue weighted by molar-refractivity contribution is 7.89. The monoisotopic (exact) mass is 357 g/mol. The number of carbonyl (C=O) groups excluding carboxylic acids is 1. The van der Waals surface area contributed by atoms with Gasteiger partial charge in [-0.3, -0.25) is 4.79 Å². The van der Waals surface area contributed by atoms with E-state index in [1.54, 1.807) is 6.92 Å². The molecule has 23 heavy (non-hydrogen) atoms. The third kappa shape index (κ3) is 3.29. The second-order valence-electron chi connectivity index (χ2n) is 4.89. The van der Waals surface area contributed by atoms with Gasteiger partial charge in [0.25, 0.3) is 5.91 Å². The van der Waals surface area contributed by atoms with Crippen LogP contribution in [-0.2, 0) is 14.8 Å². The van der Waals surface area contributed by atoms with Crippen LogP contribution in [0, 0.1) is 6.92 Å². The number of aromatic nitrogens is 1. The molecule has 0 unspecified atom stereocenters. The molecular formula is C13H15N3O5S2. The zero-order valence-corrected chi connectivity index (χ0v) is 13.9. The molecule has 2 aromatic rings. The van der Waals surface area contributed by atoms with Gasteiger partial charge in [0.1, 0.15) is 6.26 Å². The summed E-state index contributed by atoms with van der Waals surface area (Å²) in [4.78, 5) is 13.2. The van der Waals surface area contributed by atoms with Crippen LogP contribution < -0.4 is 5.32 Å². The van der Waals surface area contributed by atoms with E-state index < -0.39 is 15.9 Å². The summed E-state index contributed by atoms with van der Waals surface area (Å²) in [6.07, 6.45) is 1.34. The van der Waals surface area contributed by atoms with Crippen LogP contribution in [0.2, 0.25) is 0 Å². The number of anilines is 1. The molecule has 1 aliphatic rings. The summed E-state index contributed by atoms with van der Waals surface area (Å²) >= 11 is 1.13. The predicted octanol–water partition coefficient (Wildman–Crippen LogP) is 1.32. The molecule has 0 aliphatic carbocycles. The molecule has 3 heterocycles. The molecule has 1 fully saturated rings. The summed E-state index contributed by atoms with van der Waals surface area (Å²) in [7, 11) is -3.62. The van der Waals surface area contributed by atoms with Crippen molar-refractivity contribution in [3.8, 4) is 0 Å². The number of ether oxygens (including phenoxy) is 1. The second kappa shape index (κ2) is 6.40. The standard InChI is InChI=1S/C13H15N3O5S2/c1-9-11(23(18,19)16-3-6-20-7-4-16)8-10(22-9)13(17)14-12-2-5-21-15-12/h2,5,8H,3-4,6-7H2,1H3,(H,14,15,17). The Kier molecular flexibility index (Phi) is 4.48. The highest BCUT2D eigenvalue weighted by Gasteiger charge is 2.30. The molecule has 2 aromatic heterocycles. The number of aryl methyl sites for hydroxylation is 1. The lowest BCUT2D eigenvalue weighted by Crippen LogP contribution is -2.40. The first-order chi connectivity index (χ1) is 11.0. The van der Waals surface area contributed by atoms with Gasteiger partial charge < -0.3 is 14.6 Å². The van der Waals surface area contributed by atoms with Crippen LogP contribution in [0.5, 0.6) is 0 Å². The molecule has 0 atom stereocenters. The summed E-state index contributed by atoms with van der Waals surface area (Å²) in [5.74, 6) is -0.144. The van der Waals surface area contributed by atoms with E-state index in [2.05, 4.69) is 15.0 Å². The van der Waals surface area contributed by atoms with Gasteiger partial charge in [-0.15, -0.1) is 11.3 Å². The summed E-state index contributed by atoms with van der Waals surface area (Å²) < 4.78 is 36.6. The van der Waals surface area contributed by atoms with Gasteiger partial charge in [-0.1, -0.05) is 5.16 Å². The Labute approximate surface area is 137 Å². The van der Waals surface area contributed by atoms with E-state index >= 15 is 0 Å². The van der Waals surface area contributed by atoms with Crippen molar-refractivity contribution >= 4 is 33.1 Å². The number of rotatable bonds is 4. The number of amides is 1. The Morgan fingerprint density at radius 2 is 2.13 bits per heavy atom. The number of morpholine rings is 1. The molecule has 1 N–H and O–H groups in total. The average molecular weight is 357 g/mol. The molecule has 0 spiro atoms. The van der Waals surface area contributed by atoms with Crippen molar-refractivity contribution in [2.45, 2.75) is 11.8 Å². The maximum atomic E-state index is 12.7. The van der Waals surface area contributed by atoms with Gasteiger partial charge in [0.2, 0.25) is 10.0 Å². The van der Waals surface area contributed by atoms with Crippen molar-refractivity contribution in [1.82, 2.24) is 9.46 Å². The van der Waals surface area contributed by atoms with E-state index in [1.807, 2.05) is 0 Å². The Morgan fingerprint density at radius 1 is 1.39 bits per heavy atom. The maximum Gasteiger partial charge on any atom is 0.267 e. The van der Waals surface area contributed by atoms with E-state index in [0.29, 0.717) is 36.1 Å². The van der Waals surface area contributed by atoms with Gasteiger partial charge in [0.15, 0.2) is 5.82 Å². The first-order valence-electron chi connectivity index (χ1n) is 6.88. The molecule has 3 rings (SSSR count). The fourth-order valence-corrected chi connectivity index (χ4v) is 5.08. The lowest BCUT2D eigenvalue weighted by atomic mass is 10.4. The highest BCUT2D eigenvalue weighted by atomic mass is 32.2. The van der Waals surface area contributed by atoms with Crippen molar-refractivity contribution < 1.29 is 22.5 Å². The maximum absolute atomic E-state index is 12.7. The number of nitrogens with zero attached hydrogens (tertiary/aromatic N) is 2. The summed E-state index contributed by atoms with van der Waals surface area (Å²) in [5, 5.41) is 6.14. The van der Waals surface area contributed by atoms with Crippen LogP contribution in [0.4, 0.5) is 5.82 Å². The SMILES string of the molecule is Cc1sc(C(=O)Nc2ccon2)cc1S(=O)(=O)N1CCOCC1. The Balaban J connectivity index is 1.84. The van der Waals surface area contributed by atoms with Crippen LogP contribution in [0.15, 0.2) is 27.8 Å². The van der Waals surface area contributed by atoms with Gasteiger partial charge >= 0.3 is 0 Å². The number of nitrogens with one attached hydrogen (secondary N) is 1. The molecule has 10 heteroatoms. The van der Waals surface area contributed by atoms with E-state index in [9.17, 15) is 13.2 Å². The van der Waals surface area contributed by atoms with Gasteiger partial charge in [-0.05, 0) is 13.0 Å². The number of thiophene rings is 1. The van der Waals surface area contributed by atoms with Crippen molar-refractivity contribution in [2.24, 2.45) is 0 Å². The molecule has 0 bridgehead atoms. The van der Waals surface area contributed by atoms with Crippen LogP contribution in [0.3, 0.4) is 0 Å². The van der Waals surface area contributed by atoms with Crippen LogP contribution in [-0.4, -0.2) is 50.1 Å². The van der Waals surface area contributed by atoms with Crippen LogP contribution in [0.25, 0.3) is 0 Å². The summed E-state index contributed by atoms with van der Waals surface area (Å²) in [6, 6.07) is 2.91. The minimum absolute atomic E-state index is 0.162. The van der Waals surface area contributed by atoms with Crippen molar-refractivity contribution in [2.75, 3.05) is 31.6 Å². The molecule has 0 saturated carbocycles. The Hall–Kier alpha value is -1.75. The Bertz CT molecular complexity index is 792. The molecule has 1 amide bonds. The van der Waals surface area contributed by atoms with E-state index in [0.717, 1.165) is 11.3 Å². The fourth-order valence-electron chi connectivity index (χ4n) is 2.21. The average Bonchev–Trinajstić information content (AvgIpc) is 3.18. The first-order valence-corrected chi connectivity index (χ1v) is 9.14. The fraction of sp³-hybridized carbons (Fsp3) is 0.385. The van der Waals surface area contributed by atoms with Crippen LogP contribution in [0.1, 0.15) is 14.5 Å². The normalized spacial score (nSPS) is 16.4. The number of sulfonamides is 1. The van der Waals surface area contributed by atoms with Crippen molar-refractivity contribution in [3.63, 3.8) is 0 Å². The Morgan fingerprint density at radius 3 is 2.78 bits per heavy atom. The molecule has 8 nitrogen and oxygen atoms in total.